The molecule has 1 fully saturated rings. The molecule has 19 heavy (non-hydrogen) atoms. The Balaban J connectivity index is 1.87. The minimum atomic E-state index is -1.11. The van der Waals surface area contributed by atoms with Crippen molar-refractivity contribution in [1.82, 2.24) is 5.32 Å². The number of hydrogen-bond donors (Lipinski definition) is 2. The van der Waals surface area contributed by atoms with Crippen LogP contribution in [0.2, 0.25) is 5.02 Å². The summed E-state index contributed by atoms with van der Waals surface area (Å²) in [5.41, 5.74) is -0.00454. The molecule has 6 heteroatoms. The molecular formula is C13H14ClNO4. The molecule has 102 valence electrons. The third kappa shape index (κ3) is 4.13. The van der Waals surface area contributed by atoms with Crippen LogP contribution in [0.15, 0.2) is 18.2 Å². The first-order valence-electron chi connectivity index (χ1n) is 6.01. The number of carboxylic acid groups (broad SMARTS) is 1. The number of amides is 1. The standard InChI is InChI=1S/C13H14ClNO4/c14-8-1-4-11(10(7-8)13(17)18)19-6-5-12(16)15-9-2-3-9/h1,4,7,9H,2-3,5-6H2,(H,15,16)(H,17,18). The number of ether oxygens (including phenoxy) is 1. The van der Waals surface area contributed by atoms with Crippen LogP contribution in [0.25, 0.3) is 0 Å². The zero-order valence-corrected chi connectivity index (χ0v) is 10.9. The molecule has 1 aromatic carbocycles. The quantitative estimate of drug-likeness (QED) is 0.838. The lowest BCUT2D eigenvalue weighted by Gasteiger charge is -2.09. The summed E-state index contributed by atoms with van der Waals surface area (Å²) < 4.78 is 5.33. The summed E-state index contributed by atoms with van der Waals surface area (Å²) in [6, 6.07) is 4.68. The molecule has 0 unspecified atom stereocenters. The van der Waals surface area contributed by atoms with Gasteiger partial charge in [-0.1, -0.05) is 11.6 Å². The predicted octanol–water partition coefficient (Wildman–Crippen LogP) is 2.09. The van der Waals surface area contributed by atoms with Crippen LogP contribution in [-0.2, 0) is 4.79 Å². The zero-order chi connectivity index (χ0) is 13.8. The summed E-state index contributed by atoms with van der Waals surface area (Å²) in [6.45, 7) is 0.139. The minimum absolute atomic E-state index is 0.00454. The van der Waals surface area contributed by atoms with Gasteiger partial charge in [0.25, 0.3) is 0 Å². The highest BCUT2D eigenvalue weighted by molar-refractivity contribution is 6.31. The second-order valence-electron chi connectivity index (χ2n) is 4.39. The Labute approximate surface area is 115 Å². The van der Waals surface area contributed by atoms with E-state index < -0.39 is 5.97 Å². The average Bonchev–Trinajstić information content (AvgIpc) is 3.14. The largest absolute Gasteiger partial charge is 0.492 e. The monoisotopic (exact) mass is 283 g/mol. The first-order chi connectivity index (χ1) is 9.06. The SMILES string of the molecule is O=C(CCOc1ccc(Cl)cc1C(=O)O)NC1CC1. The molecule has 0 atom stereocenters. The molecule has 2 N–H and O–H groups in total. The molecule has 1 aliphatic rings. The first-order valence-corrected chi connectivity index (χ1v) is 6.39. The minimum Gasteiger partial charge on any atom is -0.492 e. The van der Waals surface area contributed by atoms with Crippen molar-refractivity contribution in [3.8, 4) is 5.75 Å². The van der Waals surface area contributed by atoms with Gasteiger partial charge < -0.3 is 15.2 Å². The van der Waals surface area contributed by atoms with Crippen molar-refractivity contribution in [2.45, 2.75) is 25.3 Å². The van der Waals surface area contributed by atoms with Gasteiger partial charge in [0.2, 0.25) is 5.91 Å². The Hall–Kier alpha value is -1.75. The van der Waals surface area contributed by atoms with Gasteiger partial charge in [0.05, 0.1) is 13.0 Å². The van der Waals surface area contributed by atoms with Crippen molar-refractivity contribution in [3.63, 3.8) is 0 Å². The van der Waals surface area contributed by atoms with Gasteiger partial charge in [-0.25, -0.2) is 4.79 Å². The van der Waals surface area contributed by atoms with Crippen molar-refractivity contribution in [1.29, 1.82) is 0 Å². The molecule has 1 amide bonds. The predicted molar refractivity (Wildman–Crippen MR) is 69.7 cm³/mol. The maximum atomic E-state index is 11.4. The maximum absolute atomic E-state index is 11.4. The molecule has 5 nitrogen and oxygen atoms in total. The second kappa shape index (κ2) is 5.93. The Bertz CT molecular complexity index is 499. The number of halogens is 1. The van der Waals surface area contributed by atoms with Gasteiger partial charge in [0.15, 0.2) is 0 Å². The van der Waals surface area contributed by atoms with Crippen LogP contribution in [0.4, 0.5) is 0 Å². The van der Waals surface area contributed by atoms with Crippen molar-refractivity contribution in [2.75, 3.05) is 6.61 Å². The van der Waals surface area contributed by atoms with Gasteiger partial charge in [-0.05, 0) is 31.0 Å². The normalized spacial score (nSPS) is 13.9. The highest BCUT2D eigenvalue weighted by Crippen LogP contribution is 2.23. The number of benzene rings is 1. The summed E-state index contributed by atoms with van der Waals surface area (Å²) in [5.74, 6) is -0.968. The highest BCUT2D eigenvalue weighted by Gasteiger charge is 2.23. The molecule has 2 rings (SSSR count). The number of carboxylic acids is 1. The molecule has 0 heterocycles. The van der Waals surface area contributed by atoms with Crippen LogP contribution in [-0.4, -0.2) is 29.6 Å². The summed E-state index contributed by atoms with van der Waals surface area (Å²) in [6.07, 6.45) is 2.28. The van der Waals surface area contributed by atoms with E-state index in [0.29, 0.717) is 11.1 Å². The number of nitrogens with one attached hydrogen (secondary N) is 1. The van der Waals surface area contributed by atoms with Gasteiger partial charge in [-0.3, -0.25) is 4.79 Å². The molecule has 1 aliphatic carbocycles. The van der Waals surface area contributed by atoms with Crippen molar-refractivity contribution in [2.24, 2.45) is 0 Å². The summed E-state index contributed by atoms with van der Waals surface area (Å²) in [5, 5.41) is 12.2. The van der Waals surface area contributed by atoms with Gasteiger partial charge >= 0.3 is 5.97 Å². The molecule has 0 saturated heterocycles. The fraction of sp³-hybridized carbons (Fsp3) is 0.385. The molecule has 1 aromatic rings. The van der Waals surface area contributed by atoms with E-state index in [4.69, 9.17) is 21.4 Å². The van der Waals surface area contributed by atoms with E-state index >= 15 is 0 Å². The Morgan fingerprint density at radius 1 is 1.42 bits per heavy atom. The van der Waals surface area contributed by atoms with Crippen LogP contribution < -0.4 is 10.1 Å². The lowest BCUT2D eigenvalue weighted by Crippen LogP contribution is -2.26. The molecule has 0 spiro atoms. The molecule has 0 aromatic heterocycles. The summed E-state index contributed by atoms with van der Waals surface area (Å²) in [4.78, 5) is 22.4. The number of hydrogen-bond acceptors (Lipinski definition) is 3. The fourth-order valence-electron chi connectivity index (χ4n) is 1.58. The van der Waals surface area contributed by atoms with Crippen LogP contribution in [0, 0.1) is 0 Å². The van der Waals surface area contributed by atoms with E-state index in [0.717, 1.165) is 12.8 Å². The Morgan fingerprint density at radius 3 is 2.79 bits per heavy atom. The van der Waals surface area contributed by atoms with Gasteiger partial charge in [-0.15, -0.1) is 0 Å². The lowest BCUT2D eigenvalue weighted by atomic mass is 10.2. The molecule has 0 bridgehead atoms. The van der Waals surface area contributed by atoms with Crippen molar-refractivity contribution >= 4 is 23.5 Å². The lowest BCUT2D eigenvalue weighted by molar-refractivity contribution is -0.121. The molecular weight excluding hydrogens is 270 g/mol. The van der Waals surface area contributed by atoms with E-state index in [1.165, 1.54) is 12.1 Å². The molecule has 0 radical (unpaired) electrons. The van der Waals surface area contributed by atoms with E-state index in [1.54, 1.807) is 6.07 Å². The van der Waals surface area contributed by atoms with Crippen LogP contribution in [0.1, 0.15) is 29.6 Å². The smallest absolute Gasteiger partial charge is 0.339 e. The van der Waals surface area contributed by atoms with Crippen LogP contribution in [0.5, 0.6) is 5.75 Å². The third-order valence-corrected chi connectivity index (χ3v) is 2.94. The van der Waals surface area contributed by atoms with Crippen LogP contribution >= 0.6 is 11.6 Å². The number of carbonyl (C=O) groups excluding carboxylic acids is 1. The molecule has 1 saturated carbocycles. The fourth-order valence-corrected chi connectivity index (χ4v) is 1.75. The van der Waals surface area contributed by atoms with Gasteiger partial charge in [0.1, 0.15) is 11.3 Å². The van der Waals surface area contributed by atoms with Crippen molar-refractivity contribution in [3.05, 3.63) is 28.8 Å². The number of aromatic carboxylic acids is 1. The average molecular weight is 284 g/mol. The summed E-state index contributed by atoms with van der Waals surface area (Å²) >= 11 is 5.73. The summed E-state index contributed by atoms with van der Waals surface area (Å²) in [7, 11) is 0. The van der Waals surface area contributed by atoms with E-state index in [2.05, 4.69) is 5.32 Å². The van der Waals surface area contributed by atoms with E-state index in [9.17, 15) is 9.59 Å². The van der Waals surface area contributed by atoms with E-state index in [-0.39, 0.29) is 30.2 Å². The third-order valence-electron chi connectivity index (χ3n) is 2.70. The van der Waals surface area contributed by atoms with Crippen molar-refractivity contribution < 1.29 is 19.4 Å². The van der Waals surface area contributed by atoms with Gasteiger partial charge in [-0.2, -0.15) is 0 Å². The molecule has 0 aliphatic heterocycles. The zero-order valence-electron chi connectivity index (χ0n) is 10.2. The maximum Gasteiger partial charge on any atom is 0.339 e. The topological polar surface area (TPSA) is 75.6 Å². The second-order valence-corrected chi connectivity index (χ2v) is 4.82. The Morgan fingerprint density at radius 2 is 2.16 bits per heavy atom. The number of carbonyl (C=O) groups is 2. The first kappa shape index (κ1) is 13.7. The van der Waals surface area contributed by atoms with Gasteiger partial charge in [0, 0.05) is 11.1 Å². The Kier molecular flexibility index (Phi) is 4.27. The highest BCUT2D eigenvalue weighted by atomic mass is 35.5. The number of rotatable bonds is 6. The van der Waals surface area contributed by atoms with E-state index in [1.807, 2.05) is 0 Å². The van der Waals surface area contributed by atoms with Crippen LogP contribution in [0.3, 0.4) is 0 Å².